The molecule has 0 aliphatic heterocycles. The van der Waals surface area contributed by atoms with E-state index < -0.39 is 5.97 Å². The lowest BCUT2D eigenvalue weighted by Crippen LogP contribution is -2.13. The van der Waals surface area contributed by atoms with E-state index in [2.05, 4.69) is 10.3 Å². The third-order valence-corrected chi connectivity index (χ3v) is 4.02. The molecule has 6 heteroatoms. The Bertz CT molecular complexity index is 943. The highest BCUT2D eigenvalue weighted by Gasteiger charge is 2.12. The molecule has 0 spiro atoms. The number of carbonyl (C=O) groups is 2. The van der Waals surface area contributed by atoms with E-state index in [0.717, 1.165) is 16.6 Å². The fourth-order valence-corrected chi connectivity index (χ4v) is 2.64. The van der Waals surface area contributed by atoms with Crippen LogP contribution in [0.4, 0.5) is 11.4 Å². The average Bonchev–Trinajstić information content (AvgIpc) is 3.05. The zero-order valence-electron chi connectivity index (χ0n) is 15.0. The van der Waals surface area contributed by atoms with E-state index in [1.165, 1.54) is 0 Å². The van der Waals surface area contributed by atoms with E-state index in [-0.39, 0.29) is 5.91 Å². The minimum atomic E-state index is -0.393. The van der Waals surface area contributed by atoms with E-state index in [4.69, 9.17) is 4.74 Å². The predicted molar refractivity (Wildman–Crippen MR) is 103 cm³/mol. The highest BCUT2D eigenvalue weighted by Crippen LogP contribution is 2.21. The Hall–Kier alpha value is -3.28. The van der Waals surface area contributed by atoms with Gasteiger partial charge in [-0.3, -0.25) is 4.79 Å². The summed E-state index contributed by atoms with van der Waals surface area (Å²) in [6.45, 7) is 2.08. The van der Waals surface area contributed by atoms with Gasteiger partial charge in [0.15, 0.2) is 0 Å². The van der Waals surface area contributed by atoms with Crippen molar-refractivity contribution in [3.8, 4) is 0 Å². The zero-order valence-corrected chi connectivity index (χ0v) is 15.0. The number of benzene rings is 2. The number of aromatic nitrogens is 1. The Morgan fingerprint density at radius 3 is 2.46 bits per heavy atom. The van der Waals surface area contributed by atoms with Gasteiger partial charge < -0.3 is 19.9 Å². The summed E-state index contributed by atoms with van der Waals surface area (Å²) in [6.07, 6.45) is 0. The summed E-state index contributed by atoms with van der Waals surface area (Å²) >= 11 is 0. The summed E-state index contributed by atoms with van der Waals surface area (Å²) in [5.74, 6) is -0.578. The van der Waals surface area contributed by atoms with Crippen LogP contribution in [0, 0.1) is 0 Å². The third-order valence-electron chi connectivity index (χ3n) is 4.02. The first-order valence-corrected chi connectivity index (χ1v) is 8.36. The van der Waals surface area contributed by atoms with Gasteiger partial charge in [0.25, 0.3) is 5.91 Å². The van der Waals surface area contributed by atoms with Crippen LogP contribution in [0.15, 0.2) is 48.5 Å². The van der Waals surface area contributed by atoms with Crippen molar-refractivity contribution in [3.63, 3.8) is 0 Å². The Balaban J connectivity index is 1.77. The van der Waals surface area contributed by atoms with Crippen molar-refractivity contribution in [2.45, 2.75) is 6.92 Å². The lowest BCUT2D eigenvalue weighted by molar-refractivity contribution is 0.0520. The van der Waals surface area contributed by atoms with E-state index in [9.17, 15) is 9.59 Å². The molecule has 0 unspecified atom stereocenters. The van der Waals surface area contributed by atoms with Crippen LogP contribution in [0.25, 0.3) is 10.9 Å². The number of nitrogens with zero attached hydrogens (tertiary/aromatic N) is 1. The molecule has 3 rings (SSSR count). The molecule has 0 aliphatic carbocycles. The molecule has 0 bridgehead atoms. The Morgan fingerprint density at radius 1 is 1.08 bits per heavy atom. The largest absolute Gasteiger partial charge is 0.461 e. The van der Waals surface area contributed by atoms with Crippen molar-refractivity contribution in [2.75, 3.05) is 30.9 Å². The summed E-state index contributed by atoms with van der Waals surface area (Å²) < 4.78 is 4.99. The molecule has 2 N–H and O–H groups in total. The number of aromatic amines is 1. The number of carbonyl (C=O) groups excluding carboxylic acids is 2. The molecule has 2 aromatic carbocycles. The maximum Gasteiger partial charge on any atom is 0.354 e. The molecular formula is C20H21N3O3. The quantitative estimate of drug-likeness (QED) is 0.688. The monoisotopic (exact) mass is 351 g/mol. The minimum absolute atomic E-state index is 0.184. The highest BCUT2D eigenvalue weighted by atomic mass is 16.5. The van der Waals surface area contributed by atoms with Gasteiger partial charge in [0, 0.05) is 41.9 Å². The Morgan fingerprint density at radius 2 is 1.81 bits per heavy atom. The number of amides is 1. The lowest BCUT2D eigenvalue weighted by atomic mass is 10.1. The van der Waals surface area contributed by atoms with Crippen LogP contribution in [-0.2, 0) is 4.74 Å². The molecule has 3 aromatic rings. The number of nitrogens with one attached hydrogen (secondary N) is 2. The maximum absolute atomic E-state index is 12.4. The number of ether oxygens (including phenoxy) is 1. The van der Waals surface area contributed by atoms with E-state index in [1.807, 2.05) is 43.3 Å². The van der Waals surface area contributed by atoms with E-state index in [0.29, 0.717) is 23.6 Å². The standard InChI is InChI=1S/C20H21N3O3/c1-4-26-20(25)18-12-14-11-15(7-10-17(14)22-18)21-19(24)13-5-8-16(9-6-13)23(2)3/h5-12,22H,4H2,1-3H3,(H,21,24). The number of anilines is 2. The average molecular weight is 351 g/mol. The van der Waals surface area contributed by atoms with Crippen molar-refractivity contribution < 1.29 is 14.3 Å². The number of fused-ring (bicyclic) bond motifs is 1. The van der Waals surface area contributed by atoms with E-state index >= 15 is 0 Å². The lowest BCUT2D eigenvalue weighted by Gasteiger charge is -2.12. The van der Waals surface area contributed by atoms with Crippen LogP contribution in [0.3, 0.4) is 0 Å². The van der Waals surface area contributed by atoms with Gasteiger partial charge in [-0.2, -0.15) is 0 Å². The fraction of sp³-hybridized carbons (Fsp3) is 0.200. The second-order valence-corrected chi connectivity index (χ2v) is 6.10. The van der Waals surface area contributed by atoms with Gasteiger partial charge in [-0.15, -0.1) is 0 Å². The fourth-order valence-electron chi connectivity index (χ4n) is 2.64. The molecule has 6 nitrogen and oxygen atoms in total. The first-order valence-electron chi connectivity index (χ1n) is 8.36. The zero-order chi connectivity index (χ0) is 18.7. The molecule has 0 saturated heterocycles. The van der Waals surface area contributed by atoms with Crippen LogP contribution >= 0.6 is 0 Å². The smallest absolute Gasteiger partial charge is 0.354 e. The molecule has 1 amide bonds. The number of rotatable bonds is 5. The van der Waals surface area contributed by atoms with Crippen molar-refractivity contribution in [3.05, 3.63) is 59.8 Å². The van der Waals surface area contributed by atoms with Gasteiger partial charge in [0.05, 0.1) is 6.61 Å². The van der Waals surface area contributed by atoms with Crippen molar-refractivity contribution in [2.24, 2.45) is 0 Å². The Labute approximate surface area is 151 Å². The summed E-state index contributed by atoms with van der Waals surface area (Å²) in [7, 11) is 3.90. The molecule has 0 saturated carbocycles. The molecule has 0 fully saturated rings. The topological polar surface area (TPSA) is 74.4 Å². The molecule has 1 aromatic heterocycles. The second kappa shape index (κ2) is 7.31. The van der Waals surface area contributed by atoms with Gasteiger partial charge in [0.1, 0.15) is 5.69 Å². The summed E-state index contributed by atoms with van der Waals surface area (Å²) in [6, 6.07) is 14.5. The molecule has 1 heterocycles. The van der Waals surface area contributed by atoms with Crippen LogP contribution in [0.2, 0.25) is 0 Å². The number of hydrogen-bond donors (Lipinski definition) is 2. The van der Waals surface area contributed by atoms with E-state index in [1.54, 1.807) is 31.2 Å². The normalized spacial score (nSPS) is 10.6. The molecule has 0 aliphatic rings. The Kier molecular flexibility index (Phi) is 4.93. The van der Waals surface area contributed by atoms with Crippen molar-refractivity contribution in [1.82, 2.24) is 4.98 Å². The van der Waals surface area contributed by atoms with Crippen LogP contribution in [0.5, 0.6) is 0 Å². The SMILES string of the molecule is CCOC(=O)c1cc2cc(NC(=O)c3ccc(N(C)C)cc3)ccc2[nH]1. The van der Waals surface area contributed by atoms with Crippen molar-refractivity contribution in [1.29, 1.82) is 0 Å². The number of H-pyrrole nitrogens is 1. The first-order chi connectivity index (χ1) is 12.5. The highest BCUT2D eigenvalue weighted by molar-refractivity contribution is 6.05. The molecule has 0 atom stereocenters. The predicted octanol–water partition coefficient (Wildman–Crippen LogP) is 3.66. The molecule has 134 valence electrons. The first kappa shape index (κ1) is 17.5. The van der Waals surface area contributed by atoms with Gasteiger partial charge >= 0.3 is 5.97 Å². The molecule has 26 heavy (non-hydrogen) atoms. The summed E-state index contributed by atoms with van der Waals surface area (Å²) in [5.41, 5.74) is 3.47. The van der Waals surface area contributed by atoms with Gasteiger partial charge in [-0.25, -0.2) is 4.79 Å². The van der Waals surface area contributed by atoms with Gasteiger partial charge in [-0.05, 0) is 55.5 Å². The second-order valence-electron chi connectivity index (χ2n) is 6.10. The third kappa shape index (κ3) is 3.69. The maximum atomic E-state index is 12.4. The van der Waals surface area contributed by atoms with Crippen LogP contribution in [-0.4, -0.2) is 37.6 Å². The molecular weight excluding hydrogens is 330 g/mol. The van der Waals surface area contributed by atoms with Gasteiger partial charge in [-0.1, -0.05) is 0 Å². The number of esters is 1. The number of hydrogen-bond acceptors (Lipinski definition) is 4. The molecule has 0 radical (unpaired) electrons. The van der Waals surface area contributed by atoms with Gasteiger partial charge in [0.2, 0.25) is 0 Å². The summed E-state index contributed by atoms with van der Waals surface area (Å²) in [4.78, 5) is 29.2. The van der Waals surface area contributed by atoms with Crippen LogP contribution < -0.4 is 10.2 Å². The van der Waals surface area contributed by atoms with Crippen LogP contribution in [0.1, 0.15) is 27.8 Å². The summed E-state index contributed by atoms with van der Waals surface area (Å²) in [5, 5.41) is 3.71. The minimum Gasteiger partial charge on any atom is -0.461 e. The van der Waals surface area contributed by atoms with Crippen molar-refractivity contribution >= 4 is 34.2 Å².